The standard InChI is InChI=1S/C15H23N7OS/c23-15(16-7-11-24-14-12-17-20-19-14)22-9-2-1-4-13(22)5-10-21-8-3-6-18-21/h3,6,8,12-13H,1-2,4-5,7,9-11H2,(H,16,23)(H,17,19,20)/t13-/m0/s1. The van der Waals surface area contributed by atoms with Crippen LogP contribution in [0.2, 0.25) is 0 Å². The summed E-state index contributed by atoms with van der Waals surface area (Å²) in [6.07, 6.45) is 9.73. The van der Waals surface area contributed by atoms with E-state index in [9.17, 15) is 4.79 Å². The molecule has 0 aliphatic carbocycles. The van der Waals surface area contributed by atoms with E-state index in [4.69, 9.17) is 0 Å². The summed E-state index contributed by atoms with van der Waals surface area (Å²) in [7, 11) is 0. The number of urea groups is 1. The van der Waals surface area contributed by atoms with Gasteiger partial charge >= 0.3 is 6.03 Å². The summed E-state index contributed by atoms with van der Waals surface area (Å²) in [6.45, 7) is 2.31. The molecule has 2 aromatic rings. The highest BCUT2D eigenvalue weighted by Crippen LogP contribution is 2.20. The molecule has 0 spiro atoms. The minimum Gasteiger partial charge on any atom is -0.337 e. The first-order chi connectivity index (χ1) is 11.8. The van der Waals surface area contributed by atoms with Crippen molar-refractivity contribution in [2.24, 2.45) is 0 Å². The molecule has 0 saturated carbocycles. The number of aromatic amines is 1. The van der Waals surface area contributed by atoms with Crippen LogP contribution in [0.15, 0.2) is 29.7 Å². The van der Waals surface area contributed by atoms with E-state index in [-0.39, 0.29) is 6.03 Å². The largest absolute Gasteiger partial charge is 0.337 e. The Morgan fingerprint density at radius 2 is 2.42 bits per heavy atom. The molecule has 8 nitrogen and oxygen atoms in total. The van der Waals surface area contributed by atoms with Crippen molar-refractivity contribution >= 4 is 17.8 Å². The minimum absolute atomic E-state index is 0.0425. The predicted molar refractivity (Wildman–Crippen MR) is 91.7 cm³/mol. The van der Waals surface area contributed by atoms with Gasteiger partial charge in [-0.05, 0) is 31.7 Å². The molecule has 0 unspecified atom stereocenters. The van der Waals surface area contributed by atoms with Gasteiger partial charge in [-0.15, -0.1) is 16.9 Å². The topological polar surface area (TPSA) is 91.7 Å². The van der Waals surface area contributed by atoms with E-state index in [2.05, 4.69) is 25.8 Å². The fraction of sp³-hybridized carbons (Fsp3) is 0.600. The van der Waals surface area contributed by atoms with Crippen LogP contribution in [-0.2, 0) is 6.54 Å². The van der Waals surface area contributed by atoms with Gasteiger partial charge in [0.05, 0.1) is 6.20 Å². The minimum atomic E-state index is 0.0425. The third-order valence-corrected chi connectivity index (χ3v) is 5.06. The van der Waals surface area contributed by atoms with Crippen LogP contribution >= 0.6 is 11.8 Å². The normalized spacial score (nSPS) is 17.8. The Bertz CT molecular complexity index is 601. The highest BCUT2D eigenvalue weighted by molar-refractivity contribution is 7.99. The number of carbonyl (C=O) groups is 1. The molecule has 2 amide bonds. The van der Waals surface area contributed by atoms with Crippen molar-refractivity contribution in [2.75, 3.05) is 18.8 Å². The summed E-state index contributed by atoms with van der Waals surface area (Å²) < 4.78 is 1.93. The number of H-pyrrole nitrogens is 1. The van der Waals surface area contributed by atoms with Crippen molar-refractivity contribution in [1.29, 1.82) is 0 Å². The first kappa shape index (κ1) is 16.8. The number of piperidine rings is 1. The molecule has 0 bridgehead atoms. The summed E-state index contributed by atoms with van der Waals surface area (Å²) in [4.78, 5) is 14.5. The first-order valence-electron chi connectivity index (χ1n) is 8.33. The predicted octanol–water partition coefficient (Wildman–Crippen LogP) is 1.75. The van der Waals surface area contributed by atoms with Crippen LogP contribution in [0.5, 0.6) is 0 Å². The zero-order valence-electron chi connectivity index (χ0n) is 13.6. The number of hydrogen-bond donors (Lipinski definition) is 2. The van der Waals surface area contributed by atoms with Gasteiger partial charge in [0.25, 0.3) is 0 Å². The van der Waals surface area contributed by atoms with Crippen LogP contribution in [0.4, 0.5) is 4.79 Å². The maximum Gasteiger partial charge on any atom is 0.317 e. The number of nitrogens with one attached hydrogen (secondary N) is 2. The maximum absolute atomic E-state index is 12.5. The summed E-state index contributed by atoms with van der Waals surface area (Å²) >= 11 is 1.58. The lowest BCUT2D eigenvalue weighted by Gasteiger charge is -2.35. The third kappa shape index (κ3) is 4.73. The van der Waals surface area contributed by atoms with E-state index in [0.717, 1.165) is 43.1 Å². The van der Waals surface area contributed by atoms with Crippen LogP contribution in [0.3, 0.4) is 0 Å². The average molecular weight is 349 g/mol. The summed E-state index contributed by atoms with van der Waals surface area (Å²) in [5, 5.41) is 18.4. The zero-order valence-corrected chi connectivity index (χ0v) is 14.4. The van der Waals surface area contributed by atoms with Gasteiger partial charge in [0.2, 0.25) is 0 Å². The van der Waals surface area contributed by atoms with Crippen molar-refractivity contribution in [2.45, 2.75) is 43.3 Å². The Balaban J connectivity index is 1.42. The van der Waals surface area contributed by atoms with Crippen molar-refractivity contribution in [3.8, 4) is 0 Å². The molecule has 24 heavy (non-hydrogen) atoms. The molecule has 0 aromatic carbocycles. The molecule has 1 fully saturated rings. The second kappa shape index (κ2) is 8.72. The van der Waals surface area contributed by atoms with Crippen molar-refractivity contribution in [3.63, 3.8) is 0 Å². The first-order valence-corrected chi connectivity index (χ1v) is 9.32. The summed E-state index contributed by atoms with van der Waals surface area (Å²) in [6, 6.07) is 2.27. The summed E-state index contributed by atoms with van der Waals surface area (Å²) in [5.74, 6) is 0.782. The van der Waals surface area contributed by atoms with Gasteiger partial charge in [-0.2, -0.15) is 15.4 Å². The van der Waals surface area contributed by atoms with Crippen LogP contribution < -0.4 is 5.32 Å². The quantitative estimate of drug-likeness (QED) is 0.587. The molecular weight excluding hydrogens is 326 g/mol. The number of likely N-dealkylation sites (tertiary alicyclic amines) is 1. The Hall–Kier alpha value is -2.03. The Labute approximate surface area is 145 Å². The molecule has 3 heterocycles. The fourth-order valence-corrected chi connectivity index (χ4v) is 3.60. The Morgan fingerprint density at radius 3 is 3.21 bits per heavy atom. The molecule has 2 N–H and O–H groups in total. The fourth-order valence-electron chi connectivity index (χ4n) is 2.96. The van der Waals surface area contributed by atoms with Gasteiger partial charge in [-0.25, -0.2) is 4.79 Å². The lowest BCUT2D eigenvalue weighted by Crippen LogP contribution is -2.49. The van der Waals surface area contributed by atoms with E-state index in [1.54, 1.807) is 24.2 Å². The monoisotopic (exact) mass is 349 g/mol. The zero-order chi connectivity index (χ0) is 16.6. The molecule has 1 atom stereocenters. The lowest BCUT2D eigenvalue weighted by molar-refractivity contribution is 0.144. The van der Waals surface area contributed by atoms with Gasteiger partial charge in [0.1, 0.15) is 5.03 Å². The number of amides is 2. The van der Waals surface area contributed by atoms with Crippen molar-refractivity contribution in [3.05, 3.63) is 24.7 Å². The van der Waals surface area contributed by atoms with Crippen molar-refractivity contribution < 1.29 is 4.79 Å². The van der Waals surface area contributed by atoms with Gasteiger partial charge in [0.15, 0.2) is 0 Å². The van der Waals surface area contributed by atoms with E-state index in [1.807, 2.05) is 21.8 Å². The second-order valence-corrected chi connectivity index (χ2v) is 6.90. The Morgan fingerprint density at radius 1 is 1.46 bits per heavy atom. The molecule has 1 aliphatic rings. The van der Waals surface area contributed by atoms with Crippen LogP contribution in [0.1, 0.15) is 25.7 Å². The number of nitrogens with zero attached hydrogens (tertiary/aromatic N) is 5. The molecule has 2 aromatic heterocycles. The molecule has 1 saturated heterocycles. The molecule has 1 aliphatic heterocycles. The highest BCUT2D eigenvalue weighted by atomic mass is 32.2. The third-order valence-electron chi connectivity index (χ3n) is 4.16. The van der Waals surface area contributed by atoms with Crippen LogP contribution in [-0.4, -0.2) is 61.0 Å². The maximum atomic E-state index is 12.5. The summed E-state index contributed by atoms with van der Waals surface area (Å²) in [5.41, 5.74) is 0. The molecule has 3 rings (SSSR count). The SMILES string of the molecule is O=C(NCCSc1cn[nH]n1)N1CCCC[C@H]1CCn1cccn1. The smallest absolute Gasteiger partial charge is 0.317 e. The number of thioether (sulfide) groups is 1. The lowest BCUT2D eigenvalue weighted by atomic mass is 10.00. The van der Waals surface area contributed by atoms with E-state index < -0.39 is 0 Å². The number of aryl methyl sites for hydroxylation is 1. The number of hydrogen-bond acceptors (Lipinski definition) is 5. The van der Waals surface area contributed by atoms with Gasteiger partial charge in [-0.3, -0.25) is 4.68 Å². The number of aromatic nitrogens is 5. The Kier molecular flexibility index (Phi) is 6.11. The van der Waals surface area contributed by atoms with Crippen LogP contribution in [0, 0.1) is 0 Å². The number of rotatable bonds is 7. The second-order valence-electron chi connectivity index (χ2n) is 5.79. The molecule has 0 radical (unpaired) electrons. The van der Waals surface area contributed by atoms with Crippen LogP contribution in [0.25, 0.3) is 0 Å². The van der Waals surface area contributed by atoms with E-state index in [0.29, 0.717) is 12.6 Å². The number of carbonyl (C=O) groups excluding carboxylic acids is 1. The molecule has 130 valence electrons. The average Bonchev–Trinajstić information content (AvgIpc) is 3.30. The van der Waals surface area contributed by atoms with Gasteiger partial charge in [-0.1, -0.05) is 0 Å². The van der Waals surface area contributed by atoms with E-state index >= 15 is 0 Å². The van der Waals surface area contributed by atoms with E-state index in [1.165, 1.54) is 6.42 Å². The van der Waals surface area contributed by atoms with Gasteiger partial charge in [0, 0.05) is 43.8 Å². The molecular formula is C15H23N7OS. The highest BCUT2D eigenvalue weighted by Gasteiger charge is 2.26. The van der Waals surface area contributed by atoms with Crippen molar-refractivity contribution in [1.82, 2.24) is 35.4 Å². The van der Waals surface area contributed by atoms with Gasteiger partial charge < -0.3 is 10.2 Å². The molecule has 9 heteroatoms.